The lowest BCUT2D eigenvalue weighted by atomic mass is 10.3. The number of carbonyl (C=O) groups excluding carboxylic acids is 1. The van der Waals surface area contributed by atoms with Crippen molar-refractivity contribution in [1.29, 1.82) is 5.26 Å². The predicted octanol–water partition coefficient (Wildman–Crippen LogP) is 1.94. The molecule has 1 aromatic carbocycles. The van der Waals surface area contributed by atoms with Gasteiger partial charge in [0.1, 0.15) is 11.8 Å². The summed E-state index contributed by atoms with van der Waals surface area (Å²) in [5.74, 6) is -0.00799. The molecule has 0 spiro atoms. The monoisotopic (exact) mass is 261 g/mol. The third kappa shape index (κ3) is 4.68. The van der Waals surface area contributed by atoms with E-state index in [1.807, 2.05) is 6.92 Å². The molecular formula is C13H15N3O3. The summed E-state index contributed by atoms with van der Waals surface area (Å²) in [7, 11) is 0. The van der Waals surface area contributed by atoms with Gasteiger partial charge in [0.15, 0.2) is 0 Å². The van der Waals surface area contributed by atoms with Gasteiger partial charge in [-0.1, -0.05) is 0 Å². The van der Waals surface area contributed by atoms with E-state index in [1.165, 1.54) is 0 Å². The van der Waals surface area contributed by atoms with Crippen molar-refractivity contribution < 1.29 is 14.3 Å². The molecule has 19 heavy (non-hydrogen) atoms. The molecule has 0 bridgehead atoms. The largest absolute Gasteiger partial charge is 0.494 e. The highest BCUT2D eigenvalue weighted by atomic mass is 16.5. The first kappa shape index (κ1) is 14.5. The Labute approximate surface area is 111 Å². The van der Waals surface area contributed by atoms with Gasteiger partial charge in [-0.05, 0) is 38.1 Å². The van der Waals surface area contributed by atoms with Gasteiger partial charge in [0.2, 0.25) is 5.71 Å². The van der Waals surface area contributed by atoms with Gasteiger partial charge in [-0.25, -0.2) is 4.79 Å². The molecule has 100 valence electrons. The second kappa shape index (κ2) is 7.71. The summed E-state index contributed by atoms with van der Waals surface area (Å²) in [5, 5.41) is 12.5. The Morgan fingerprint density at radius 3 is 2.53 bits per heavy atom. The zero-order valence-electron chi connectivity index (χ0n) is 10.8. The van der Waals surface area contributed by atoms with Gasteiger partial charge in [-0.3, -0.25) is 5.43 Å². The number of benzene rings is 1. The number of anilines is 1. The molecule has 0 aliphatic carbocycles. The van der Waals surface area contributed by atoms with E-state index in [0.29, 0.717) is 12.3 Å². The first-order chi connectivity index (χ1) is 9.21. The van der Waals surface area contributed by atoms with Gasteiger partial charge >= 0.3 is 5.97 Å². The fourth-order valence-electron chi connectivity index (χ4n) is 1.23. The molecule has 0 atom stereocenters. The van der Waals surface area contributed by atoms with Crippen molar-refractivity contribution in [2.75, 3.05) is 18.6 Å². The molecule has 0 aliphatic heterocycles. The quantitative estimate of drug-likeness (QED) is 0.480. The maximum Gasteiger partial charge on any atom is 0.369 e. The summed E-state index contributed by atoms with van der Waals surface area (Å²) >= 11 is 0. The number of nitrogens with zero attached hydrogens (tertiary/aromatic N) is 2. The highest BCUT2D eigenvalue weighted by Gasteiger charge is 2.11. The molecule has 0 radical (unpaired) electrons. The Hall–Kier alpha value is -2.55. The number of esters is 1. The van der Waals surface area contributed by atoms with Crippen LogP contribution >= 0.6 is 0 Å². The maximum absolute atomic E-state index is 11.3. The lowest BCUT2D eigenvalue weighted by Crippen LogP contribution is -2.17. The number of hydrogen-bond donors (Lipinski definition) is 1. The van der Waals surface area contributed by atoms with E-state index in [-0.39, 0.29) is 12.3 Å². The number of nitriles is 1. The fraction of sp³-hybridized carbons (Fsp3) is 0.308. The maximum atomic E-state index is 11.3. The molecule has 0 aliphatic rings. The minimum absolute atomic E-state index is 0.197. The molecule has 1 aromatic rings. The van der Waals surface area contributed by atoms with Gasteiger partial charge < -0.3 is 9.47 Å². The molecule has 0 unspecified atom stereocenters. The topological polar surface area (TPSA) is 83.7 Å². The zero-order chi connectivity index (χ0) is 14.1. The van der Waals surface area contributed by atoms with Crippen molar-refractivity contribution in [3.63, 3.8) is 0 Å². The predicted molar refractivity (Wildman–Crippen MR) is 70.9 cm³/mol. The lowest BCUT2D eigenvalue weighted by molar-refractivity contribution is -0.134. The van der Waals surface area contributed by atoms with Crippen molar-refractivity contribution in [3.05, 3.63) is 24.3 Å². The summed E-state index contributed by atoms with van der Waals surface area (Å²) in [6.45, 7) is 4.34. The van der Waals surface area contributed by atoms with Crippen LogP contribution in [-0.2, 0) is 9.53 Å². The summed E-state index contributed by atoms with van der Waals surface area (Å²) in [6, 6.07) is 8.66. The SMILES string of the molecule is CCOC(=O)/C(C#N)=N/Nc1ccc(OCC)cc1. The van der Waals surface area contributed by atoms with Gasteiger partial charge in [0, 0.05) is 0 Å². The first-order valence-electron chi connectivity index (χ1n) is 5.85. The van der Waals surface area contributed by atoms with Crippen LogP contribution in [0.3, 0.4) is 0 Å². The summed E-state index contributed by atoms with van der Waals surface area (Å²) < 4.78 is 9.97. The van der Waals surface area contributed by atoms with Crippen LogP contribution in [-0.4, -0.2) is 24.9 Å². The molecular weight excluding hydrogens is 246 g/mol. The Morgan fingerprint density at radius 1 is 1.32 bits per heavy atom. The molecule has 0 heterocycles. The van der Waals surface area contributed by atoms with E-state index in [0.717, 1.165) is 5.75 Å². The highest BCUT2D eigenvalue weighted by molar-refractivity contribution is 6.43. The number of carbonyl (C=O) groups is 1. The van der Waals surface area contributed by atoms with E-state index >= 15 is 0 Å². The third-order valence-electron chi connectivity index (χ3n) is 2.04. The zero-order valence-corrected chi connectivity index (χ0v) is 10.8. The van der Waals surface area contributed by atoms with Crippen molar-refractivity contribution in [2.45, 2.75) is 13.8 Å². The number of nitrogens with one attached hydrogen (secondary N) is 1. The number of hydrogen-bond acceptors (Lipinski definition) is 6. The van der Waals surface area contributed by atoms with Crippen molar-refractivity contribution >= 4 is 17.4 Å². The third-order valence-corrected chi connectivity index (χ3v) is 2.04. The van der Waals surface area contributed by atoms with Gasteiger partial charge in [-0.2, -0.15) is 10.4 Å². The normalized spacial score (nSPS) is 10.5. The van der Waals surface area contributed by atoms with E-state index in [4.69, 9.17) is 10.00 Å². The van der Waals surface area contributed by atoms with Crippen LogP contribution in [0.1, 0.15) is 13.8 Å². The fourth-order valence-corrected chi connectivity index (χ4v) is 1.23. The van der Waals surface area contributed by atoms with Crippen molar-refractivity contribution in [1.82, 2.24) is 0 Å². The van der Waals surface area contributed by atoms with E-state index in [1.54, 1.807) is 37.3 Å². The number of hydrazone groups is 1. The van der Waals surface area contributed by atoms with Crippen LogP contribution in [0.4, 0.5) is 5.69 Å². The highest BCUT2D eigenvalue weighted by Crippen LogP contribution is 2.15. The Morgan fingerprint density at radius 2 is 2.00 bits per heavy atom. The average molecular weight is 261 g/mol. The van der Waals surface area contributed by atoms with E-state index < -0.39 is 5.97 Å². The van der Waals surface area contributed by atoms with E-state index in [9.17, 15) is 4.79 Å². The minimum Gasteiger partial charge on any atom is -0.494 e. The molecule has 0 aromatic heterocycles. The summed E-state index contributed by atoms with van der Waals surface area (Å²) in [4.78, 5) is 11.3. The molecule has 6 heteroatoms. The van der Waals surface area contributed by atoms with Crippen LogP contribution < -0.4 is 10.2 Å². The molecule has 0 fully saturated rings. The Balaban J connectivity index is 2.68. The van der Waals surface area contributed by atoms with Gasteiger partial charge in [0.05, 0.1) is 18.9 Å². The smallest absolute Gasteiger partial charge is 0.369 e. The first-order valence-corrected chi connectivity index (χ1v) is 5.85. The van der Waals surface area contributed by atoms with Crippen LogP contribution in [0, 0.1) is 11.3 Å². The molecule has 0 saturated heterocycles. The standard InChI is InChI=1S/C13H15N3O3/c1-3-18-11-7-5-10(6-8-11)15-16-12(9-14)13(17)19-4-2/h5-8,15H,3-4H2,1-2H3/b16-12+. The van der Waals surface area contributed by atoms with Gasteiger partial charge in [0.25, 0.3) is 0 Å². The van der Waals surface area contributed by atoms with Crippen molar-refractivity contribution in [3.8, 4) is 11.8 Å². The summed E-state index contributed by atoms with van der Waals surface area (Å²) in [6.07, 6.45) is 0. The van der Waals surface area contributed by atoms with Crippen molar-refractivity contribution in [2.24, 2.45) is 5.10 Å². The van der Waals surface area contributed by atoms with E-state index in [2.05, 4.69) is 15.3 Å². The number of rotatable bonds is 6. The second-order valence-corrected chi connectivity index (χ2v) is 3.36. The molecule has 1 rings (SSSR count). The molecule has 1 N–H and O–H groups in total. The van der Waals surface area contributed by atoms with Gasteiger partial charge in [-0.15, -0.1) is 0 Å². The second-order valence-electron chi connectivity index (χ2n) is 3.36. The molecule has 0 amide bonds. The van der Waals surface area contributed by atoms with Crippen LogP contribution in [0.2, 0.25) is 0 Å². The molecule has 6 nitrogen and oxygen atoms in total. The Kier molecular flexibility index (Phi) is 5.89. The van der Waals surface area contributed by atoms with Crippen LogP contribution in [0.15, 0.2) is 29.4 Å². The van der Waals surface area contributed by atoms with Crippen LogP contribution in [0.25, 0.3) is 0 Å². The Bertz CT molecular complexity index is 489. The van der Waals surface area contributed by atoms with Crippen LogP contribution in [0.5, 0.6) is 5.75 Å². The lowest BCUT2D eigenvalue weighted by Gasteiger charge is -2.04. The average Bonchev–Trinajstić information content (AvgIpc) is 2.42. The minimum atomic E-state index is -0.747. The number of ether oxygens (including phenoxy) is 2. The molecule has 0 saturated carbocycles. The summed E-state index contributed by atoms with van der Waals surface area (Å²) in [5.41, 5.74) is 2.93.